The van der Waals surface area contributed by atoms with E-state index >= 15 is 0 Å². The molecule has 0 heterocycles. The molecule has 6 nitrogen and oxygen atoms in total. The summed E-state index contributed by atoms with van der Waals surface area (Å²) in [4.78, 5) is 11.4. The lowest BCUT2D eigenvalue weighted by molar-refractivity contribution is 0.0597. The number of methoxy groups -OCH3 is 1. The second-order valence-electron chi connectivity index (χ2n) is 4.49. The Balaban J connectivity index is 2.38. The Morgan fingerprint density at radius 2 is 1.73 bits per heavy atom. The molecule has 0 atom stereocenters. The number of hydrogen-bond donors (Lipinski definition) is 1. The standard InChI is InChI=1S/C15H14O6S/c1-10-6-8-11(9-7-10)22(18,19)21-13-5-3-4-12(14(13)16)15(17)20-2/h3-9,16H,1-2H3. The van der Waals surface area contributed by atoms with Gasteiger partial charge in [-0.1, -0.05) is 23.8 Å². The normalized spacial score (nSPS) is 11.0. The average molecular weight is 322 g/mol. The topological polar surface area (TPSA) is 89.9 Å². The van der Waals surface area contributed by atoms with Gasteiger partial charge in [0.15, 0.2) is 11.5 Å². The van der Waals surface area contributed by atoms with E-state index in [0.717, 1.165) is 12.7 Å². The summed E-state index contributed by atoms with van der Waals surface area (Å²) >= 11 is 0. The van der Waals surface area contributed by atoms with E-state index in [1.807, 2.05) is 6.92 Å². The monoisotopic (exact) mass is 322 g/mol. The number of para-hydroxylation sites is 1. The predicted molar refractivity (Wildman–Crippen MR) is 78.4 cm³/mol. The van der Waals surface area contributed by atoms with Crippen LogP contribution in [0.2, 0.25) is 0 Å². The maximum absolute atomic E-state index is 12.2. The van der Waals surface area contributed by atoms with E-state index in [4.69, 9.17) is 4.18 Å². The number of carbonyl (C=O) groups excluding carboxylic acids is 1. The fourth-order valence-electron chi connectivity index (χ4n) is 1.74. The predicted octanol–water partition coefficient (Wildman–Crippen LogP) is 2.25. The smallest absolute Gasteiger partial charge is 0.341 e. The van der Waals surface area contributed by atoms with Crippen LogP contribution in [0.4, 0.5) is 0 Å². The van der Waals surface area contributed by atoms with Crippen LogP contribution in [0.1, 0.15) is 15.9 Å². The first kappa shape index (κ1) is 15.8. The van der Waals surface area contributed by atoms with Gasteiger partial charge in [-0.3, -0.25) is 0 Å². The van der Waals surface area contributed by atoms with Crippen LogP contribution >= 0.6 is 0 Å². The van der Waals surface area contributed by atoms with E-state index in [0.29, 0.717) is 0 Å². The van der Waals surface area contributed by atoms with Crippen LogP contribution in [0.5, 0.6) is 11.5 Å². The van der Waals surface area contributed by atoms with Crippen molar-refractivity contribution >= 4 is 16.1 Å². The molecule has 0 saturated carbocycles. The van der Waals surface area contributed by atoms with Crippen LogP contribution in [0.3, 0.4) is 0 Å². The molecular formula is C15H14O6S. The molecule has 7 heteroatoms. The van der Waals surface area contributed by atoms with E-state index in [1.165, 1.54) is 30.3 Å². The van der Waals surface area contributed by atoms with Gasteiger partial charge in [0.05, 0.1) is 7.11 Å². The van der Waals surface area contributed by atoms with Gasteiger partial charge >= 0.3 is 16.1 Å². The number of aryl methyl sites for hydroxylation is 1. The van der Waals surface area contributed by atoms with Gasteiger partial charge in [0, 0.05) is 0 Å². The van der Waals surface area contributed by atoms with Gasteiger partial charge in [-0.25, -0.2) is 4.79 Å². The Bertz CT molecular complexity index is 793. The van der Waals surface area contributed by atoms with Crippen LogP contribution in [-0.2, 0) is 14.9 Å². The average Bonchev–Trinajstić information content (AvgIpc) is 2.49. The number of benzene rings is 2. The Hall–Kier alpha value is -2.54. The molecule has 0 aliphatic heterocycles. The lowest BCUT2D eigenvalue weighted by Crippen LogP contribution is -2.11. The number of phenols is 1. The summed E-state index contributed by atoms with van der Waals surface area (Å²) in [6.07, 6.45) is 0. The third-order valence-electron chi connectivity index (χ3n) is 2.91. The van der Waals surface area contributed by atoms with Crippen molar-refractivity contribution in [2.24, 2.45) is 0 Å². The highest BCUT2D eigenvalue weighted by atomic mass is 32.2. The zero-order chi connectivity index (χ0) is 16.3. The number of esters is 1. The molecule has 0 unspecified atom stereocenters. The number of phenolic OH excluding ortho intramolecular Hbond substituents is 1. The number of aromatic hydroxyl groups is 1. The van der Waals surface area contributed by atoms with Crippen LogP contribution in [-0.4, -0.2) is 26.6 Å². The van der Waals surface area contributed by atoms with E-state index in [1.54, 1.807) is 12.1 Å². The molecule has 0 aliphatic carbocycles. The molecule has 0 bridgehead atoms. The molecule has 2 rings (SSSR count). The van der Waals surface area contributed by atoms with Crippen molar-refractivity contribution in [2.45, 2.75) is 11.8 Å². The molecule has 22 heavy (non-hydrogen) atoms. The minimum Gasteiger partial charge on any atom is -0.504 e. The maximum atomic E-state index is 12.2. The number of carbonyl (C=O) groups is 1. The SMILES string of the molecule is COC(=O)c1cccc(OS(=O)(=O)c2ccc(C)cc2)c1O. The van der Waals surface area contributed by atoms with Gasteiger partial charge in [0.25, 0.3) is 0 Å². The molecule has 0 radical (unpaired) electrons. The minimum atomic E-state index is -4.11. The van der Waals surface area contributed by atoms with Crippen molar-refractivity contribution in [2.75, 3.05) is 7.11 Å². The van der Waals surface area contributed by atoms with E-state index in [-0.39, 0.29) is 16.2 Å². The number of ether oxygens (including phenoxy) is 1. The molecule has 0 aromatic heterocycles. The zero-order valence-electron chi connectivity index (χ0n) is 11.9. The molecule has 0 amide bonds. The second kappa shape index (κ2) is 6.07. The molecule has 0 aliphatic rings. The molecule has 0 saturated heterocycles. The summed E-state index contributed by atoms with van der Waals surface area (Å²) in [6.45, 7) is 1.82. The van der Waals surface area contributed by atoms with Gasteiger partial charge in [-0.2, -0.15) is 8.42 Å². The molecule has 0 fully saturated rings. The first-order valence-corrected chi connectivity index (χ1v) is 7.67. The summed E-state index contributed by atoms with van der Waals surface area (Å²) in [7, 11) is -2.96. The Kier molecular flexibility index (Phi) is 4.37. The second-order valence-corrected chi connectivity index (χ2v) is 6.04. The highest BCUT2D eigenvalue weighted by Crippen LogP contribution is 2.32. The van der Waals surface area contributed by atoms with Gasteiger partial charge in [-0.15, -0.1) is 0 Å². The summed E-state index contributed by atoms with van der Waals surface area (Å²) < 4.78 is 33.7. The van der Waals surface area contributed by atoms with Crippen molar-refractivity contribution in [3.63, 3.8) is 0 Å². The molecule has 1 N–H and O–H groups in total. The van der Waals surface area contributed by atoms with Gasteiger partial charge < -0.3 is 14.0 Å². The van der Waals surface area contributed by atoms with Crippen LogP contribution in [0, 0.1) is 6.92 Å². The lowest BCUT2D eigenvalue weighted by atomic mass is 10.2. The van der Waals surface area contributed by atoms with Crippen LogP contribution < -0.4 is 4.18 Å². The zero-order valence-corrected chi connectivity index (χ0v) is 12.8. The van der Waals surface area contributed by atoms with Gasteiger partial charge in [-0.05, 0) is 31.2 Å². The van der Waals surface area contributed by atoms with Crippen molar-refractivity contribution in [1.29, 1.82) is 0 Å². The molecule has 0 spiro atoms. The van der Waals surface area contributed by atoms with Crippen molar-refractivity contribution in [3.05, 3.63) is 53.6 Å². The molecule has 116 valence electrons. The number of hydrogen-bond acceptors (Lipinski definition) is 6. The first-order chi connectivity index (χ1) is 10.3. The van der Waals surface area contributed by atoms with Crippen LogP contribution in [0.25, 0.3) is 0 Å². The molecular weight excluding hydrogens is 308 g/mol. The summed E-state index contributed by atoms with van der Waals surface area (Å²) in [5.41, 5.74) is 0.716. The minimum absolute atomic E-state index is 0.0547. The van der Waals surface area contributed by atoms with Gasteiger partial charge in [0.2, 0.25) is 0 Å². The summed E-state index contributed by atoms with van der Waals surface area (Å²) in [6, 6.07) is 9.96. The van der Waals surface area contributed by atoms with Crippen molar-refractivity contribution < 1.29 is 27.2 Å². The van der Waals surface area contributed by atoms with Crippen molar-refractivity contribution in [1.82, 2.24) is 0 Å². The van der Waals surface area contributed by atoms with Crippen molar-refractivity contribution in [3.8, 4) is 11.5 Å². The summed E-state index contributed by atoms with van der Waals surface area (Å²) in [5, 5.41) is 9.95. The fraction of sp³-hybridized carbons (Fsp3) is 0.133. The van der Waals surface area contributed by atoms with E-state index in [2.05, 4.69) is 4.74 Å². The maximum Gasteiger partial charge on any atom is 0.341 e. The Morgan fingerprint density at radius 1 is 1.09 bits per heavy atom. The first-order valence-electron chi connectivity index (χ1n) is 6.26. The Labute approximate surface area is 128 Å². The third kappa shape index (κ3) is 3.20. The number of rotatable bonds is 4. The van der Waals surface area contributed by atoms with Gasteiger partial charge in [0.1, 0.15) is 10.5 Å². The van der Waals surface area contributed by atoms with E-state index < -0.39 is 21.8 Å². The summed E-state index contributed by atoms with van der Waals surface area (Å²) in [5.74, 6) is -1.73. The third-order valence-corrected chi connectivity index (χ3v) is 4.16. The quantitative estimate of drug-likeness (QED) is 0.686. The van der Waals surface area contributed by atoms with Crippen LogP contribution in [0.15, 0.2) is 47.4 Å². The molecule has 2 aromatic rings. The molecule has 2 aromatic carbocycles. The highest BCUT2D eigenvalue weighted by molar-refractivity contribution is 7.87. The van der Waals surface area contributed by atoms with E-state index in [9.17, 15) is 18.3 Å². The lowest BCUT2D eigenvalue weighted by Gasteiger charge is -2.10. The highest BCUT2D eigenvalue weighted by Gasteiger charge is 2.22. The largest absolute Gasteiger partial charge is 0.504 e. The fourth-order valence-corrected chi connectivity index (χ4v) is 2.67. The Morgan fingerprint density at radius 3 is 2.32 bits per heavy atom.